The topological polar surface area (TPSA) is 90.3 Å². The van der Waals surface area contributed by atoms with E-state index in [1.807, 2.05) is 0 Å². The quantitative estimate of drug-likeness (QED) is 0.618. The molecule has 1 N–H and O–H groups in total. The molecule has 0 bridgehead atoms. The van der Waals surface area contributed by atoms with Gasteiger partial charge in [0.25, 0.3) is 15.9 Å². The number of aromatic nitrogens is 2. The molecular formula is C15H11BrCl2F3N3O4S. The lowest BCUT2D eigenvalue weighted by Gasteiger charge is -2.10. The molecule has 1 fully saturated rings. The molecule has 0 aliphatic heterocycles. The maximum absolute atomic E-state index is 12.8. The number of rotatable bonds is 5. The van der Waals surface area contributed by atoms with Crippen LogP contribution in [0.5, 0.6) is 5.75 Å². The Morgan fingerprint density at radius 1 is 1.38 bits per heavy atom. The van der Waals surface area contributed by atoms with Crippen LogP contribution in [0.25, 0.3) is 0 Å². The largest absolute Gasteiger partial charge is 0.497 e. The first-order valence-electron chi connectivity index (χ1n) is 7.77. The minimum atomic E-state index is -4.45. The summed E-state index contributed by atoms with van der Waals surface area (Å²) in [7, 11) is -3.06. The highest BCUT2D eigenvalue weighted by Crippen LogP contribution is 2.55. The first-order valence-corrected chi connectivity index (χ1v) is 10.8. The van der Waals surface area contributed by atoms with Crippen molar-refractivity contribution in [2.45, 2.75) is 23.5 Å². The van der Waals surface area contributed by atoms with Crippen LogP contribution in [-0.2, 0) is 10.0 Å². The van der Waals surface area contributed by atoms with E-state index in [9.17, 15) is 26.4 Å². The second kappa shape index (κ2) is 7.64. The Kier molecular flexibility index (Phi) is 5.84. The predicted octanol–water partition coefficient (Wildman–Crippen LogP) is 4.20. The molecule has 29 heavy (non-hydrogen) atoms. The maximum atomic E-state index is 12.8. The van der Waals surface area contributed by atoms with E-state index >= 15 is 0 Å². The average molecular weight is 537 g/mol. The highest BCUT2D eigenvalue weighted by molar-refractivity contribution is 9.10. The Morgan fingerprint density at radius 3 is 2.59 bits per heavy atom. The molecule has 1 amide bonds. The van der Waals surface area contributed by atoms with Crippen molar-refractivity contribution >= 4 is 55.1 Å². The van der Waals surface area contributed by atoms with Crippen molar-refractivity contribution in [1.29, 1.82) is 0 Å². The molecule has 1 aromatic heterocycles. The lowest BCUT2D eigenvalue weighted by atomic mass is 10.3. The summed E-state index contributed by atoms with van der Waals surface area (Å²) in [6.45, 7) is 0. The van der Waals surface area contributed by atoms with Gasteiger partial charge in [-0.1, -0.05) is 11.6 Å². The lowest BCUT2D eigenvalue weighted by molar-refractivity contribution is -0.150. The second-order valence-corrected chi connectivity index (χ2v) is 9.27. The van der Waals surface area contributed by atoms with Gasteiger partial charge in [0.2, 0.25) is 5.28 Å². The lowest BCUT2D eigenvalue weighted by Crippen LogP contribution is -2.31. The van der Waals surface area contributed by atoms with E-state index in [0.717, 1.165) is 4.57 Å². The van der Waals surface area contributed by atoms with E-state index in [4.69, 9.17) is 27.9 Å². The smallest absolute Gasteiger partial charge is 0.393 e. The summed E-state index contributed by atoms with van der Waals surface area (Å²) in [5.74, 6) is -2.69. The fraction of sp³-hybridized carbons (Fsp3) is 0.333. The molecule has 2 unspecified atom stereocenters. The number of imidazole rings is 1. The van der Waals surface area contributed by atoms with Crippen molar-refractivity contribution in [2.75, 3.05) is 7.11 Å². The summed E-state index contributed by atoms with van der Waals surface area (Å²) >= 11 is 14.9. The summed E-state index contributed by atoms with van der Waals surface area (Å²) in [6, 6.07) is 2.97. The van der Waals surface area contributed by atoms with Crippen LogP contribution in [0.1, 0.15) is 23.0 Å². The van der Waals surface area contributed by atoms with Crippen LogP contribution in [0.15, 0.2) is 27.6 Å². The van der Waals surface area contributed by atoms with Crippen LogP contribution in [-0.4, -0.2) is 37.2 Å². The highest BCUT2D eigenvalue weighted by atomic mass is 79.9. The van der Waals surface area contributed by atoms with Crippen molar-refractivity contribution in [3.8, 4) is 5.75 Å². The predicted molar refractivity (Wildman–Crippen MR) is 101 cm³/mol. The van der Waals surface area contributed by atoms with Crippen LogP contribution in [0, 0.1) is 5.92 Å². The number of alkyl halides is 3. The van der Waals surface area contributed by atoms with Gasteiger partial charge in [-0.05, 0) is 46.1 Å². The number of hydrogen-bond acceptors (Lipinski definition) is 5. The minimum absolute atomic E-state index is 0.152. The molecule has 2 atom stereocenters. The molecule has 1 aliphatic rings. The van der Waals surface area contributed by atoms with Crippen LogP contribution in [0.4, 0.5) is 13.2 Å². The molecule has 1 aliphatic carbocycles. The van der Waals surface area contributed by atoms with E-state index in [1.165, 1.54) is 25.3 Å². The number of methoxy groups -OCH3 is 1. The van der Waals surface area contributed by atoms with Crippen LogP contribution in [0.2, 0.25) is 10.4 Å². The number of hydrogen-bond donors (Lipinski definition) is 1. The molecule has 2 aromatic rings. The number of ether oxygens (including phenoxy) is 1. The number of nitrogens with one attached hydrogen (secondary N) is 1. The second-order valence-electron chi connectivity index (χ2n) is 6.07. The molecular weight excluding hydrogens is 526 g/mol. The van der Waals surface area contributed by atoms with E-state index in [1.54, 1.807) is 4.72 Å². The molecule has 1 heterocycles. The summed E-state index contributed by atoms with van der Waals surface area (Å²) in [5, 5.41) is -0.930. The van der Waals surface area contributed by atoms with Gasteiger partial charge in [-0.2, -0.15) is 13.2 Å². The van der Waals surface area contributed by atoms with Gasteiger partial charge < -0.3 is 9.30 Å². The first-order chi connectivity index (χ1) is 13.4. The van der Waals surface area contributed by atoms with Gasteiger partial charge in [0.05, 0.1) is 13.0 Å². The zero-order valence-electron chi connectivity index (χ0n) is 14.3. The fourth-order valence-electron chi connectivity index (χ4n) is 2.67. The van der Waals surface area contributed by atoms with Gasteiger partial charge in [0.1, 0.15) is 15.8 Å². The average Bonchev–Trinajstić information content (AvgIpc) is 3.34. The number of amides is 1. The molecule has 1 aromatic carbocycles. The summed E-state index contributed by atoms with van der Waals surface area (Å²) in [4.78, 5) is 15.8. The van der Waals surface area contributed by atoms with Gasteiger partial charge in [-0.25, -0.2) is 18.1 Å². The number of carbonyl (C=O) groups is 1. The summed E-state index contributed by atoms with van der Waals surface area (Å²) in [5.41, 5.74) is -0.605. The molecule has 14 heteroatoms. The Bertz CT molecular complexity index is 1090. The maximum Gasteiger partial charge on any atom is 0.393 e. The molecule has 3 rings (SSSR count). The van der Waals surface area contributed by atoms with Crippen LogP contribution in [0.3, 0.4) is 0 Å². The number of benzene rings is 1. The van der Waals surface area contributed by atoms with Crippen molar-refractivity contribution in [3.05, 3.63) is 38.8 Å². The minimum Gasteiger partial charge on any atom is -0.497 e. The van der Waals surface area contributed by atoms with Crippen molar-refractivity contribution in [1.82, 2.24) is 14.3 Å². The van der Waals surface area contributed by atoms with Crippen molar-refractivity contribution in [2.24, 2.45) is 5.92 Å². The Hall–Kier alpha value is -1.50. The zero-order valence-corrected chi connectivity index (χ0v) is 18.2. The first kappa shape index (κ1) is 22.2. The Labute approximate surface area is 181 Å². The van der Waals surface area contributed by atoms with E-state index in [-0.39, 0.29) is 21.5 Å². The normalized spacial score (nSPS) is 19.1. The van der Waals surface area contributed by atoms with Gasteiger partial charge in [-0.3, -0.25) is 4.79 Å². The van der Waals surface area contributed by atoms with Gasteiger partial charge in [0.15, 0.2) is 5.69 Å². The number of halogens is 6. The fourth-order valence-corrected chi connectivity index (χ4v) is 5.28. The molecule has 0 radical (unpaired) electrons. The Morgan fingerprint density at radius 2 is 2.03 bits per heavy atom. The van der Waals surface area contributed by atoms with Crippen LogP contribution < -0.4 is 9.46 Å². The van der Waals surface area contributed by atoms with E-state index in [2.05, 4.69) is 20.9 Å². The van der Waals surface area contributed by atoms with E-state index < -0.39 is 50.2 Å². The van der Waals surface area contributed by atoms with Crippen LogP contribution >= 0.6 is 39.1 Å². The monoisotopic (exact) mass is 535 g/mol. The van der Waals surface area contributed by atoms with E-state index in [0.29, 0.717) is 0 Å². The standard InChI is InChI=1S/C15H11BrCl2F3N3O4S/c1-28-6-2-3-8(16)10(4-6)29(26,27)23-13(25)11-12(17)24(14(18)22-11)9-5-7(9)15(19,20)21/h2-4,7,9H,5H2,1H3,(H,23,25). The third kappa shape index (κ3) is 4.35. The summed E-state index contributed by atoms with van der Waals surface area (Å²) < 4.78 is 71.3. The summed E-state index contributed by atoms with van der Waals surface area (Å²) in [6.07, 6.45) is -4.72. The van der Waals surface area contributed by atoms with Gasteiger partial charge in [-0.15, -0.1) is 0 Å². The molecule has 1 saturated carbocycles. The van der Waals surface area contributed by atoms with Gasteiger partial charge in [0, 0.05) is 16.6 Å². The Balaban J connectivity index is 1.88. The molecule has 7 nitrogen and oxygen atoms in total. The zero-order chi connectivity index (χ0) is 21.7. The molecule has 0 spiro atoms. The SMILES string of the molecule is COc1ccc(Br)c(S(=O)(=O)NC(=O)c2nc(Cl)n(C3CC3C(F)(F)F)c2Cl)c1. The molecule has 158 valence electrons. The highest BCUT2D eigenvalue weighted by Gasteiger charge is 2.58. The number of carbonyl (C=O) groups excluding carboxylic acids is 1. The third-order valence-corrected chi connectivity index (χ3v) is 7.14. The number of sulfonamides is 1. The molecule has 0 saturated heterocycles. The third-order valence-electron chi connectivity index (χ3n) is 4.19. The van der Waals surface area contributed by atoms with Gasteiger partial charge >= 0.3 is 6.18 Å². The van der Waals surface area contributed by atoms with Crippen molar-refractivity contribution < 1.29 is 31.1 Å². The number of nitrogens with zero attached hydrogens (tertiary/aromatic N) is 2. The van der Waals surface area contributed by atoms with Crippen molar-refractivity contribution in [3.63, 3.8) is 0 Å².